The van der Waals surface area contributed by atoms with Crippen LogP contribution < -0.4 is 0 Å². The minimum atomic E-state index is -4.76. The Bertz CT molecular complexity index is 1630. The molecule has 78 heavy (non-hydrogen) atoms. The van der Waals surface area contributed by atoms with Gasteiger partial charge in [-0.15, -0.1) is 0 Å². The first kappa shape index (κ1) is 74.7. The third-order valence-electron chi connectivity index (χ3n) is 13.3. The summed E-state index contributed by atoms with van der Waals surface area (Å²) in [7, 11) is -4.76. The maximum Gasteiger partial charge on any atom is 0.472 e. The van der Waals surface area contributed by atoms with E-state index < -0.39 is 57.8 Å². The fourth-order valence-electron chi connectivity index (χ4n) is 8.53. The fraction of sp³-hybridized carbons (Fsp3) is 0.742. The second kappa shape index (κ2) is 59.8. The Hall–Kier alpha value is -3.34. The molecule has 0 radical (unpaired) electrons. The number of phosphoric acid groups is 1. The Labute approximate surface area is 477 Å². The smallest absolute Gasteiger partial charge is 0.462 e. The number of ether oxygens (including phenoxy) is 3. The first-order valence-corrected chi connectivity index (χ1v) is 33.0. The average Bonchev–Trinajstić information content (AvgIpc) is 3.43. The van der Waals surface area contributed by atoms with Crippen molar-refractivity contribution in [3.05, 3.63) is 85.1 Å². The molecule has 0 bridgehead atoms. The van der Waals surface area contributed by atoms with E-state index in [0.717, 1.165) is 103 Å². The normalized spacial score (nSPS) is 13.9. The summed E-state index contributed by atoms with van der Waals surface area (Å²) in [5.74, 6) is -1.50. The van der Waals surface area contributed by atoms with Crippen LogP contribution in [0.5, 0.6) is 0 Å². The zero-order valence-electron chi connectivity index (χ0n) is 49.9. The molecular weight excluding hydrogens is 1000 g/mol. The molecule has 0 aromatic carbocycles. The molecule has 3 atom stereocenters. The van der Waals surface area contributed by atoms with Gasteiger partial charge in [0, 0.05) is 19.3 Å². The molecule has 0 heterocycles. The molecule has 0 amide bonds. The topological polar surface area (TPSA) is 155 Å². The van der Waals surface area contributed by atoms with Gasteiger partial charge in [0.1, 0.15) is 12.7 Å². The first-order chi connectivity index (χ1) is 38.2. The Morgan fingerprint density at radius 3 is 1.06 bits per heavy atom. The van der Waals surface area contributed by atoms with Crippen molar-refractivity contribution in [2.45, 2.75) is 290 Å². The quantitative estimate of drug-likeness (QED) is 0.0197. The number of hydrogen-bond acceptors (Lipinski definition) is 10. The molecule has 0 aliphatic rings. The van der Waals surface area contributed by atoms with E-state index in [2.05, 4.69) is 106 Å². The third-order valence-corrected chi connectivity index (χ3v) is 14.3. The number of esters is 3. The highest BCUT2D eigenvalue weighted by Crippen LogP contribution is 2.43. The summed E-state index contributed by atoms with van der Waals surface area (Å²) < 4.78 is 39.6. The monoisotopic (exact) mass is 1110 g/mol. The molecule has 0 spiro atoms. The molecule has 0 aromatic rings. The Balaban J connectivity index is 4.77. The minimum absolute atomic E-state index is 0.126. The van der Waals surface area contributed by atoms with Gasteiger partial charge in [0.2, 0.25) is 0 Å². The van der Waals surface area contributed by atoms with Gasteiger partial charge in [-0.05, 0) is 96.3 Å². The molecule has 2 N–H and O–H groups in total. The van der Waals surface area contributed by atoms with Crippen LogP contribution in [0.4, 0.5) is 0 Å². The number of carbonyl (C=O) groups excluding carboxylic acids is 3. The van der Waals surface area contributed by atoms with Crippen molar-refractivity contribution in [2.24, 2.45) is 0 Å². The lowest BCUT2D eigenvalue weighted by Gasteiger charge is -2.21. The van der Waals surface area contributed by atoms with Crippen molar-refractivity contribution in [1.82, 2.24) is 0 Å². The van der Waals surface area contributed by atoms with E-state index in [9.17, 15) is 28.9 Å². The summed E-state index contributed by atoms with van der Waals surface area (Å²) >= 11 is 0. The highest BCUT2D eigenvalue weighted by atomic mass is 31.2. The van der Waals surface area contributed by atoms with Gasteiger partial charge >= 0.3 is 25.7 Å². The summed E-state index contributed by atoms with van der Waals surface area (Å²) in [5, 5.41) is 9.83. The van der Waals surface area contributed by atoms with Crippen molar-refractivity contribution >= 4 is 25.7 Å². The Morgan fingerprint density at radius 1 is 0.372 bits per heavy atom. The number of aliphatic hydroxyl groups is 1. The predicted molar refractivity (Wildman–Crippen MR) is 325 cm³/mol. The van der Waals surface area contributed by atoms with Gasteiger partial charge in [-0.25, -0.2) is 4.57 Å². The fourth-order valence-corrected chi connectivity index (χ4v) is 9.32. The van der Waals surface area contributed by atoms with Crippen molar-refractivity contribution < 1.29 is 52.2 Å². The molecule has 0 aliphatic heterocycles. The Kier molecular flexibility index (Phi) is 57.2. The molecule has 0 saturated carbocycles. The van der Waals surface area contributed by atoms with E-state index in [-0.39, 0.29) is 25.9 Å². The van der Waals surface area contributed by atoms with Crippen LogP contribution in [-0.4, -0.2) is 66.5 Å². The molecule has 0 rings (SSSR count). The standard InChI is InChI=1S/C66H115O11P/c1-4-7-10-13-16-19-22-25-27-29-31-33-35-38-40-43-46-49-52-55-64(68)73-59-63(77-66(70)57-54-51-48-45-42-39-36-34-32-30-28-26-23-20-17-14-11-8-5-2)61-75-78(71,72)74-60-62(58-67)76-65(69)56-53-50-47-44-41-37-24-21-18-15-12-9-6-3/h8,11,16-17,19-20,25-28,32,34,39,42,62-63,67H,4-7,9-10,12-15,18,21-24,29-31,33,35-38,40-41,43-61H2,1-3H3,(H,71,72)/b11-8-,19-16-,20-17-,27-25-,28-26-,34-32-,42-39-. The molecule has 12 heteroatoms. The van der Waals surface area contributed by atoms with Crippen molar-refractivity contribution in [1.29, 1.82) is 0 Å². The summed E-state index contributed by atoms with van der Waals surface area (Å²) in [6.45, 7) is 4.49. The third kappa shape index (κ3) is 57.3. The van der Waals surface area contributed by atoms with E-state index in [1.165, 1.54) is 116 Å². The zero-order valence-corrected chi connectivity index (χ0v) is 50.8. The first-order valence-electron chi connectivity index (χ1n) is 31.5. The van der Waals surface area contributed by atoms with E-state index >= 15 is 0 Å². The summed E-state index contributed by atoms with van der Waals surface area (Å²) in [6.07, 6.45) is 69.6. The number of unbranched alkanes of at least 4 members (excludes halogenated alkanes) is 27. The van der Waals surface area contributed by atoms with Crippen molar-refractivity contribution in [3.8, 4) is 0 Å². The van der Waals surface area contributed by atoms with Crippen LogP contribution in [0.1, 0.15) is 278 Å². The molecule has 3 unspecified atom stereocenters. The van der Waals surface area contributed by atoms with Crippen molar-refractivity contribution in [2.75, 3.05) is 26.4 Å². The lowest BCUT2D eigenvalue weighted by Crippen LogP contribution is -2.30. The van der Waals surface area contributed by atoms with Gasteiger partial charge in [-0.1, -0.05) is 247 Å². The highest BCUT2D eigenvalue weighted by molar-refractivity contribution is 7.47. The molecule has 0 saturated heterocycles. The van der Waals surface area contributed by atoms with Crippen LogP contribution >= 0.6 is 7.82 Å². The van der Waals surface area contributed by atoms with Crippen LogP contribution in [0.25, 0.3) is 0 Å². The van der Waals surface area contributed by atoms with Gasteiger partial charge < -0.3 is 24.2 Å². The number of allylic oxidation sites excluding steroid dienone is 14. The highest BCUT2D eigenvalue weighted by Gasteiger charge is 2.28. The van der Waals surface area contributed by atoms with Crippen LogP contribution in [-0.2, 0) is 42.2 Å². The van der Waals surface area contributed by atoms with E-state index in [0.29, 0.717) is 19.3 Å². The number of phosphoric ester groups is 1. The van der Waals surface area contributed by atoms with Crippen LogP contribution in [0.3, 0.4) is 0 Å². The van der Waals surface area contributed by atoms with E-state index in [4.69, 9.17) is 23.3 Å². The van der Waals surface area contributed by atoms with Crippen molar-refractivity contribution in [3.63, 3.8) is 0 Å². The molecular formula is C66H115O11P. The van der Waals surface area contributed by atoms with Gasteiger partial charge in [0.15, 0.2) is 6.10 Å². The maximum absolute atomic E-state index is 12.9. The lowest BCUT2D eigenvalue weighted by molar-refractivity contribution is -0.161. The number of hydrogen-bond donors (Lipinski definition) is 2. The second-order valence-electron chi connectivity index (χ2n) is 20.8. The summed E-state index contributed by atoms with van der Waals surface area (Å²) in [5.41, 5.74) is 0. The van der Waals surface area contributed by atoms with Gasteiger partial charge in [0.25, 0.3) is 0 Å². The summed E-state index contributed by atoms with van der Waals surface area (Å²) in [4.78, 5) is 48.7. The van der Waals surface area contributed by atoms with E-state index in [1.807, 2.05) is 0 Å². The number of carbonyl (C=O) groups is 3. The van der Waals surface area contributed by atoms with Crippen LogP contribution in [0, 0.1) is 0 Å². The Morgan fingerprint density at radius 2 is 0.667 bits per heavy atom. The number of aliphatic hydroxyl groups excluding tert-OH is 1. The van der Waals surface area contributed by atoms with Crippen LogP contribution in [0.15, 0.2) is 85.1 Å². The maximum atomic E-state index is 12.9. The van der Waals surface area contributed by atoms with Gasteiger partial charge in [-0.3, -0.25) is 23.4 Å². The largest absolute Gasteiger partial charge is 0.472 e. The van der Waals surface area contributed by atoms with Gasteiger partial charge in [0.05, 0.1) is 19.8 Å². The second-order valence-corrected chi connectivity index (χ2v) is 22.3. The van der Waals surface area contributed by atoms with E-state index in [1.54, 1.807) is 0 Å². The predicted octanol–water partition coefficient (Wildman–Crippen LogP) is 19.0. The van der Waals surface area contributed by atoms with Gasteiger partial charge in [-0.2, -0.15) is 0 Å². The summed E-state index contributed by atoms with van der Waals surface area (Å²) in [6, 6.07) is 0. The zero-order chi connectivity index (χ0) is 56.9. The SMILES string of the molecule is CC/C=C\C/C=C\C/C=C\C/C=C\C/C=C\CCCCCC(=O)OC(COC(=O)CCCCCCCCCCC/C=C\C/C=C\CCCCC)COP(=O)(O)OCC(CO)OC(=O)CCCCCCCCCCCCCCC. The lowest BCUT2D eigenvalue weighted by atomic mass is 10.0. The molecule has 0 aromatic heterocycles. The molecule has 11 nitrogen and oxygen atoms in total. The minimum Gasteiger partial charge on any atom is -0.462 e. The van der Waals surface area contributed by atoms with Crippen LogP contribution in [0.2, 0.25) is 0 Å². The average molecular weight is 1120 g/mol. The molecule has 450 valence electrons. The molecule has 0 aliphatic carbocycles. The number of rotatable bonds is 58. The molecule has 0 fully saturated rings.